The van der Waals surface area contributed by atoms with E-state index in [2.05, 4.69) is 9.71 Å². The van der Waals surface area contributed by atoms with Crippen LogP contribution < -0.4 is 10.5 Å². The summed E-state index contributed by atoms with van der Waals surface area (Å²) in [5.41, 5.74) is 7.70. The van der Waals surface area contributed by atoms with E-state index in [9.17, 15) is 17.6 Å². The van der Waals surface area contributed by atoms with Crippen LogP contribution in [0.2, 0.25) is 0 Å². The SMILES string of the molecule is CNS(=O)(=O)c1cccc(-c2cc(C(=O)OC)cc3c2nc(C)n3C/C(F)=C/CN)c1.Cl. The summed E-state index contributed by atoms with van der Waals surface area (Å²) in [7, 11) is -1.09. The van der Waals surface area contributed by atoms with E-state index >= 15 is 0 Å². The number of esters is 1. The van der Waals surface area contributed by atoms with Gasteiger partial charge in [0.25, 0.3) is 0 Å². The third-order valence-corrected chi connectivity index (χ3v) is 6.25. The minimum Gasteiger partial charge on any atom is -0.465 e. The van der Waals surface area contributed by atoms with Crippen LogP contribution in [0.15, 0.2) is 53.2 Å². The van der Waals surface area contributed by atoms with E-state index in [0.29, 0.717) is 28.0 Å². The summed E-state index contributed by atoms with van der Waals surface area (Å²) in [6.45, 7) is 1.68. The molecule has 3 rings (SSSR count). The van der Waals surface area contributed by atoms with Crippen LogP contribution in [0.25, 0.3) is 22.2 Å². The summed E-state index contributed by atoms with van der Waals surface area (Å²) in [6, 6.07) is 9.44. The number of hydrogen-bond donors (Lipinski definition) is 2. The Bertz CT molecular complexity index is 1290. The summed E-state index contributed by atoms with van der Waals surface area (Å²) in [6.07, 6.45) is 1.27. The first-order valence-electron chi connectivity index (χ1n) is 9.39. The molecule has 3 N–H and O–H groups in total. The lowest BCUT2D eigenvalue weighted by Gasteiger charge is -2.10. The van der Waals surface area contributed by atoms with Crippen molar-refractivity contribution in [3.8, 4) is 11.1 Å². The molecule has 0 saturated heterocycles. The van der Waals surface area contributed by atoms with Crippen LogP contribution in [0.1, 0.15) is 16.2 Å². The molecule has 0 aliphatic carbocycles. The predicted molar refractivity (Wildman–Crippen MR) is 123 cm³/mol. The van der Waals surface area contributed by atoms with Gasteiger partial charge in [0.1, 0.15) is 11.7 Å². The zero-order chi connectivity index (χ0) is 22.8. The Hall–Kier alpha value is -2.79. The van der Waals surface area contributed by atoms with Gasteiger partial charge in [-0.05, 0) is 49.9 Å². The van der Waals surface area contributed by atoms with E-state index in [4.69, 9.17) is 10.5 Å². The second-order valence-electron chi connectivity index (χ2n) is 6.75. The summed E-state index contributed by atoms with van der Waals surface area (Å²) in [5.74, 6) is -0.486. The normalized spacial score (nSPS) is 12.0. The molecule has 0 saturated carbocycles. The number of sulfonamides is 1. The van der Waals surface area contributed by atoms with Crippen molar-refractivity contribution in [2.24, 2.45) is 5.73 Å². The van der Waals surface area contributed by atoms with Crippen molar-refractivity contribution in [1.29, 1.82) is 0 Å². The highest BCUT2D eigenvalue weighted by Crippen LogP contribution is 2.32. The Labute approximate surface area is 191 Å². The first-order chi connectivity index (χ1) is 14.7. The van der Waals surface area contributed by atoms with Crippen molar-refractivity contribution in [3.05, 3.63) is 59.7 Å². The fourth-order valence-electron chi connectivity index (χ4n) is 3.29. The van der Waals surface area contributed by atoms with Gasteiger partial charge >= 0.3 is 5.97 Å². The van der Waals surface area contributed by atoms with Gasteiger partial charge in [-0.25, -0.2) is 27.3 Å². The van der Waals surface area contributed by atoms with Crippen LogP contribution in [-0.4, -0.2) is 44.6 Å². The number of methoxy groups -OCH3 is 1. The maximum atomic E-state index is 14.2. The van der Waals surface area contributed by atoms with Crippen molar-refractivity contribution in [1.82, 2.24) is 14.3 Å². The molecular formula is C21H24ClFN4O4S. The molecule has 0 radical (unpaired) electrons. The maximum Gasteiger partial charge on any atom is 0.337 e. The number of allylic oxidation sites excluding steroid dienone is 1. The molecule has 172 valence electrons. The molecule has 1 heterocycles. The minimum absolute atomic E-state index is 0. The van der Waals surface area contributed by atoms with E-state index in [1.807, 2.05) is 0 Å². The number of carbonyl (C=O) groups excluding carboxylic acids is 1. The van der Waals surface area contributed by atoms with Gasteiger partial charge in [-0.15, -0.1) is 12.4 Å². The summed E-state index contributed by atoms with van der Waals surface area (Å²) >= 11 is 0. The standard InChI is InChI=1S/C21H23FN4O4S.ClH/c1-13-25-20-18(14-5-4-6-17(9-14)31(28,29)24-2)10-15(21(27)30-3)11-19(20)26(13)12-16(22)7-8-23;/h4-7,9-11,24H,8,12,23H2,1-3H3;1H/b16-7-;. The minimum atomic E-state index is -3.67. The average Bonchev–Trinajstić information content (AvgIpc) is 3.07. The molecule has 0 fully saturated rings. The van der Waals surface area contributed by atoms with Gasteiger partial charge in [0.05, 0.1) is 35.1 Å². The number of nitrogens with two attached hydrogens (primary N) is 1. The van der Waals surface area contributed by atoms with Crippen LogP contribution in [0, 0.1) is 6.92 Å². The van der Waals surface area contributed by atoms with Crippen LogP contribution in [0.4, 0.5) is 4.39 Å². The third-order valence-electron chi connectivity index (χ3n) is 4.84. The highest BCUT2D eigenvalue weighted by atomic mass is 35.5. The first kappa shape index (κ1) is 25.5. The fourth-order valence-corrected chi connectivity index (χ4v) is 4.06. The van der Waals surface area contributed by atoms with Gasteiger partial charge in [-0.3, -0.25) is 0 Å². The van der Waals surface area contributed by atoms with Crippen LogP contribution in [0.5, 0.6) is 0 Å². The van der Waals surface area contributed by atoms with E-state index in [1.54, 1.807) is 35.8 Å². The van der Waals surface area contributed by atoms with Crippen LogP contribution >= 0.6 is 12.4 Å². The summed E-state index contributed by atoms with van der Waals surface area (Å²) in [5, 5.41) is 0. The molecule has 0 aliphatic heterocycles. The third kappa shape index (κ3) is 4.99. The molecule has 32 heavy (non-hydrogen) atoms. The summed E-state index contributed by atoms with van der Waals surface area (Å²) < 4.78 is 47.5. The van der Waals surface area contributed by atoms with E-state index < -0.39 is 21.8 Å². The molecular weight excluding hydrogens is 459 g/mol. The van der Waals surface area contributed by atoms with Gasteiger partial charge in [-0.2, -0.15) is 0 Å². The molecule has 3 aromatic rings. The number of benzene rings is 2. The zero-order valence-corrected chi connectivity index (χ0v) is 19.4. The Morgan fingerprint density at radius 3 is 2.66 bits per heavy atom. The fraction of sp³-hybridized carbons (Fsp3) is 0.238. The van der Waals surface area contributed by atoms with Crippen molar-refractivity contribution in [2.45, 2.75) is 18.4 Å². The molecule has 11 heteroatoms. The molecule has 1 aromatic heterocycles. The molecule has 0 bridgehead atoms. The molecule has 0 amide bonds. The van der Waals surface area contributed by atoms with E-state index in [-0.39, 0.29) is 36.0 Å². The Kier molecular flexibility index (Phi) is 8.13. The van der Waals surface area contributed by atoms with Crippen molar-refractivity contribution in [2.75, 3.05) is 20.7 Å². The number of rotatable bonds is 7. The molecule has 8 nitrogen and oxygen atoms in total. The molecule has 2 aromatic carbocycles. The smallest absolute Gasteiger partial charge is 0.337 e. The average molecular weight is 483 g/mol. The number of imidazole rings is 1. The number of aryl methyl sites for hydroxylation is 1. The second-order valence-corrected chi connectivity index (χ2v) is 8.64. The van der Waals surface area contributed by atoms with Crippen molar-refractivity contribution >= 4 is 39.4 Å². The lowest BCUT2D eigenvalue weighted by molar-refractivity contribution is 0.0601. The largest absolute Gasteiger partial charge is 0.465 e. The second kappa shape index (κ2) is 10.2. The molecule has 0 aliphatic rings. The topological polar surface area (TPSA) is 116 Å². The molecule has 0 atom stereocenters. The van der Waals surface area contributed by atoms with Gasteiger partial charge in [0, 0.05) is 12.1 Å². The number of aromatic nitrogens is 2. The number of fused-ring (bicyclic) bond motifs is 1. The monoisotopic (exact) mass is 482 g/mol. The van der Waals surface area contributed by atoms with Crippen LogP contribution in [0.3, 0.4) is 0 Å². The number of nitrogens with one attached hydrogen (secondary N) is 1. The number of halogens is 2. The highest BCUT2D eigenvalue weighted by molar-refractivity contribution is 7.89. The van der Waals surface area contributed by atoms with Gasteiger partial charge in [-0.1, -0.05) is 12.1 Å². The Morgan fingerprint density at radius 1 is 1.31 bits per heavy atom. The quantitative estimate of drug-likeness (QED) is 0.500. The highest BCUT2D eigenvalue weighted by Gasteiger charge is 2.20. The predicted octanol–water partition coefficient (Wildman–Crippen LogP) is 2.94. The van der Waals surface area contributed by atoms with E-state index in [1.165, 1.54) is 32.4 Å². The number of ether oxygens (including phenoxy) is 1. The Morgan fingerprint density at radius 2 is 2.03 bits per heavy atom. The van der Waals surface area contributed by atoms with Crippen LogP contribution in [-0.2, 0) is 21.3 Å². The van der Waals surface area contributed by atoms with Crippen molar-refractivity contribution < 1.29 is 22.3 Å². The maximum absolute atomic E-state index is 14.2. The van der Waals surface area contributed by atoms with Gasteiger partial charge in [0.2, 0.25) is 10.0 Å². The zero-order valence-electron chi connectivity index (χ0n) is 17.8. The van der Waals surface area contributed by atoms with Crippen molar-refractivity contribution in [3.63, 3.8) is 0 Å². The Balaban J connectivity index is 0.00000363. The molecule has 0 spiro atoms. The first-order valence-corrected chi connectivity index (χ1v) is 10.9. The van der Waals surface area contributed by atoms with E-state index in [0.717, 1.165) is 0 Å². The number of carbonyl (C=O) groups is 1. The number of nitrogens with zero attached hydrogens (tertiary/aromatic N) is 2. The summed E-state index contributed by atoms with van der Waals surface area (Å²) in [4.78, 5) is 16.9. The number of hydrogen-bond acceptors (Lipinski definition) is 6. The van der Waals surface area contributed by atoms with Gasteiger partial charge in [0.15, 0.2) is 0 Å². The lowest BCUT2D eigenvalue weighted by Crippen LogP contribution is -2.18. The molecule has 0 unspecified atom stereocenters. The van der Waals surface area contributed by atoms with Gasteiger partial charge < -0.3 is 15.0 Å². The lowest BCUT2D eigenvalue weighted by atomic mass is 10.0.